The monoisotopic (exact) mass is 346 g/mol. The second kappa shape index (κ2) is 5.42. The predicted molar refractivity (Wildman–Crippen MR) is 80.4 cm³/mol. The summed E-state index contributed by atoms with van der Waals surface area (Å²) < 4.78 is 27.8. The molecule has 2 N–H and O–H groups in total. The molecule has 6 heteroatoms. The first-order chi connectivity index (χ1) is 8.84. The molecule has 0 amide bonds. The minimum Gasteiger partial charge on any atom is -0.399 e. The molecule has 2 atom stereocenters. The van der Waals surface area contributed by atoms with E-state index >= 15 is 0 Å². The number of sulfonamides is 1. The summed E-state index contributed by atoms with van der Waals surface area (Å²) in [7, 11) is -3.51. The van der Waals surface area contributed by atoms with Crippen molar-refractivity contribution in [1.82, 2.24) is 4.31 Å². The number of piperidine rings is 1. The van der Waals surface area contributed by atoms with E-state index in [1.807, 2.05) is 13.8 Å². The van der Waals surface area contributed by atoms with Gasteiger partial charge in [0.2, 0.25) is 10.0 Å². The van der Waals surface area contributed by atoms with E-state index in [2.05, 4.69) is 15.9 Å². The van der Waals surface area contributed by atoms with Gasteiger partial charge in [-0.3, -0.25) is 0 Å². The SMILES string of the molecule is C[C@@H]1CCC[C@H](C)N1S(=O)(=O)c1cc(N)ccc1Br. The third kappa shape index (κ3) is 2.80. The van der Waals surface area contributed by atoms with E-state index in [1.54, 1.807) is 16.4 Å². The van der Waals surface area contributed by atoms with E-state index < -0.39 is 10.0 Å². The highest BCUT2D eigenvalue weighted by atomic mass is 79.9. The van der Waals surface area contributed by atoms with E-state index in [-0.39, 0.29) is 17.0 Å². The number of nitrogens with two attached hydrogens (primary N) is 1. The van der Waals surface area contributed by atoms with E-state index in [1.165, 1.54) is 6.07 Å². The van der Waals surface area contributed by atoms with Crippen molar-refractivity contribution in [2.45, 2.75) is 50.1 Å². The molecule has 4 nitrogen and oxygen atoms in total. The van der Waals surface area contributed by atoms with Crippen molar-refractivity contribution in [3.8, 4) is 0 Å². The molecule has 0 unspecified atom stereocenters. The highest BCUT2D eigenvalue weighted by molar-refractivity contribution is 9.10. The van der Waals surface area contributed by atoms with Crippen molar-refractivity contribution in [3.63, 3.8) is 0 Å². The Morgan fingerprint density at radius 2 is 1.84 bits per heavy atom. The summed E-state index contributed by atoms with van der Waals surface area (Å²) in [4.78, 5) is 0.258. The number of anilines is 1. The second-order valence-electron chi connectivity index (χ2n) is 5.15. The molecule has 0 radical (unpaired) electrons. The first-order valence-electron chi connectivity index (χ1n) is 6.42. The van der Waals surface area contributed by atoms with Gasteiger partial charge in [-0.25, -0.2) is 8.42 Å². The van der Waals surface area contributed by atoms with Crippen LogP contribution < -0.4 is 5.73 Å². The number of halogens is 1. The summed E-state index contributed by atoms with van der Waals surface area (Å²) in [5.74, 6) is 0. The van der Waals surface area contributed by atoms with Gasteiger partial charge in [0.1, 0.15) is 0 Å². The van der Waals surface area contributed by atoms with Crippen molar-refractivity contribution in [2.24, 2.45) is 0 Å². The molecule has 0 spiro atoms. The molecule has 19 heavy (non-hydrogen) atoms. The molecule has 1 saturated heterocycles. The van der Waals surface area contributed by atoms with Gasteiger partial charge in [0, 0.05) is 22.2 Å². The fourth-order valence-corrected chi connectivity index (χ4v) is 5.55. The number of nitrogens with zero attached hydrogens (tertiary/aromatic N) is 1. The van der Waals surface area contributed by atoms with Crippen molar-refractivity contribution in [2.75, 3.05) is 5.73 Å². The Kier molecular flexibility index (Phi) is 4.23. The molecular formula is C13H19BrN2O2S. The maximum absolute atomic E-state index is 12.8. The Labute approximate surface area is 123 Å². The zero-order valence-electron chi connectivity index (χ0n) is 11.1. The van der Waals surface area contributed by atoms with Crippen molar-refractivity contribution < 1.29 is 8.42 Å². The number of rotatable bonds is 2. The normalized spacial score (nSPS) is 25.4. The predicted octanol–water partition coefficient (Wildman–Crippen LogP) is 2.98. The molecule has 1 heterocycles. The van der Waals surface area contributed by atoms with Crippen LogP contribution in [0.3, 0.4) is 0 Å². The van der Waals surface area contributed by atoms with Crippen LogP contribution in [0.25, 0.3) is 0 Å². The van der Waals surface area contributed by atoms with Crippen molar-refractivity contribution in [1.29, 1.82) is 0 Å². The first-order valence-corrected chi connectivity index (χ1v) is 8.66. The fourth-order valence-electron chi connectivity index (χ4n) is 2.70. The van der Waals surface area contributed by atoms with Gasteiger partial charge < -0.3 is 5.73 Å². The van der Waals surface area contributed by atoms with Gasteiger partial charge in [0.05, 0.1) is 4.90 Å². The molecule has 1 aliphatic heterocycles. The third-order valence-corrected chi connectivity index (χ3v) is 6.75. The zero-order valence-corrected chi connectivity index (χ0v) is 13.5. The minimum absolute atomic E-state index is 0.0297. The summed E-state index contributed by atoms with van der Waals surface area (Å²) in [5, 5.41) is 0. The molecule has 0 bridgehead atoms. The number of benzene rings is 1. The fraction of sp³-hybridized carbons (Fsp3) is 0.538. The van der Waals surface area contributed by atoms with Gasteiger partial charge in [0.15, 0.2) is 0 Å². The lowest BCUT2D eigenvalue weighted by molar-refractivity contribution is 0.204. The van der Waals surface area contributed by atoms with Crippen molar-refractivity contribution >= 4 is 31.6 Å². The molecule has 1 aromatic rings. The maximum Gasteiger partial charge on any atom is 0.244 e. The lowest BCUT2D eigenvalue weighted by Gasteiger charge is -2.37. The smallest absolute Gasteiger partial charge is 0.244 e. The Morgan fingerprint density at radius 3 is 2.42 bits per heavy atom. The maximum atomic E-state index is 12.8. The molecule has 1 fully saturated rings. The van der Waals surface area contributed by atoms with Crippen LogP contribution in [0.2, 0.25) is 0 Å². The second-order valence-corrected chi connectivity index (χ2v) is 7.82. The van der Waals surface area contributed by atoms with E-state index in [0.717, 1.165) is 19.3 Å². The Bertz CT molecular complexity index is 564. The van der Waals surface area contributed by atoms with Crippen LogP contribution in [-0.4, -0.2) is 24.8 Å². The standard InChI is InChI=1S/C13H19BrN2O2S/c1-9-4-3-5-10(2)16(9)19(17,18)13-8-11(15)6-7-12(13)14/h6-10H,3-5,15H2,1-2H3/t9-,10+. The van der Waals surface area contributed by atoms with Gasteiger partial charge >= 0.3 is 0 Å². The van der Waals surface area contributed by atoms with Crippen LogP contribution in [0.1, 0.15) is 33.1 Å². The zero-order chi connectivity index (χ0) is 14.2. The molecule has 106 valence electrons. The highest BCUT2D eigenvalue weighted by Crippen LogP contribution is 2.33. The minimum atomic E-state index is -3.51. The largest absolute Gasteiger partial charge is 0.399 e. The average molecular weight is 347 g/mol. The van der Waals surface area contributed by atoms with Gasteiger partial charge in [-0.15, -0.1) is 0 Å². The van der Waals surface area contributed by atoms with Crippen LogP contribution in [0.5, 0.6) is 0 Å². The quantitative estimate of drug-likeness (QED) is 0.837. The molecular weight excluding hydrogens is 328 g/mol. The van der Waals surface area contributed by atoms with Crippen LogP contribution in [0.4, 0.5) is 5.69 Å². The molecule has 0 aliphatic carbocycles. The van der Waals surface area contributed by atoms with Gasteiger partial charge in [0.25, 0.3) is 0 Å². The van der Waals surface area contributed by atoms with Gasteiger partial charge in [-0.1, -0.05) is 6.42 Å². The Balaban J connectivity index is 2.49. The molecule has 2 rings (SSSR count). The summed E-state index contributed by atoms with van der Waals surface area (Å²) in [6.07, 6.45) is 2.89. The summed E-state index contributed by atoms with van der Waals surface area (Å²) >= 11 is 3.31. The van der Waals surface area contributed by atoms with Gasteiger partial charge in [-0.2, -0.15) is 4.31 Å². The molecule has 0 saturated carbocycles. The van der Waals surface area contributed by atoms with Crippen LogP contribution in [0.15, 0.2) is 27.6 Å². The molecule has 1 aromatic carbocycles. The number of nitrogen functional groups attached to an aromatic ring is 1. The third-order valence-electron chi connectivity index (χ3n) is 3.62. The van der Waals surface area contributed by atoms with Crippen molar-refractivity contribution in [3.05, 3.63) is 22.7 Å². The lowest BCUT2D eigenvalue weighted by Crippen LogP contribution is -2.47. The average Bonchev–Trinajstić information content (AvgIpc) is 2.31. The molecule has 1 aliphatic rings. The van der Waals surface area contributed by atoms with Crippen LogP contribution >= 0.6 is 15.9 Å². The highest BCUT2D eigenvalue weighted by Gasteiger charge is 2.36. The number of hydrogen-bond donors (Lipinski definition) is 1. The summed E-state index contributed by atoms with van der Waals surface area (Å²) in [5.41, 5.74) is 6.18. The lowest BCUT2D eigenvalue weighted by atomic mass is 10.0. The Hall–Kier alpha value is -0.590. The van der Waals surface area contributed by atoms with Crippen LogP contribution in [0, 0.1) is 0 Å². The van der Waals surface area contributed by atoms with Gasteiger partial charge in [-0.05, 0) is 60.8 Å². The van der Waals surface area contributed by atoms with Crippen LogP contribution in [-0.2, 0) is 10.0 Å². The number of hydrogen-bond acceptors (Lipinski definition) is 3. The van der Waals surface area contributed by atoms with E-state index in [9.17, 15) is 8.42 Å². The Morgan fingerprint density at radius 1 is 1.26 bits per heavy atom. The topological polar surface area (TPSA) is 63.4 Å². The first kappa shape index (κ1) is 14.8. The van der Waals surface area contributed by atoms with E-state index in [4.69, 9.17) is 5.73 Å². The molecule has 0 aromatic heterocycles. The van der Waals surface area contributed by atoms with E-state index in [0.29, 0.717) is 10.2 Å². The summed E-state index contributed by atoms with van der Waals surface area (Å²) in [6, 6.07) is 4.95. The summed E-state index contributed by atoms with van der Waals surface area (Å²) in [6.45, 7) is 3.93.